The second-order valence-electron chi connectivity index (χ2n) is 6.82. The topological polar surface area (TPSA) is 71.3 Å². The molecule has 0 aliphatic carbocycles. The van der Waals surface area contributed by atoms with Crippen molar-refractivity contribution in [1.82, 2.24) is 15.0 Å². The van der Waals surface area contributed by atoms with Crippen molar-refractivity contribution in [3.8, 4) is 0 Å². The smallest absolute Gasteiger partial charge is 0.361 e. The molecule has 3 aromatic rings. The van der Waals surface area contributed by atoms with Gasteiger partial charge in [0.25, 0.3) is 5.91 Å². The van der Waals surface area contributed by atoms with E-state index in [2.05, 4.69) is 20.4 Å². The molecule has 2 aromatic heterocycles. The first-order valence-electron chi connectivity index (χ1n) is 8.89. The van der Waals surface area contributed by atoms with E-state index < -0.39 is 17.6 Å². The van der Waals surface area contributed by atoms with E-state index >= 15 is 0 Å². The van der Waals surface area contributed by atoms with Gasteiger partial charge in [-0.1, -0.05) is 23.4 Å². The number of rotatable bonds is 4. The molecule has 152 valence electrons. The second-order valence-corrected chi connectivity index (χ2v) is 7.91. The Balaban J connectivity index is 1.42. The highest BCUT2D eigenvalue weighted by Gasteiger charge is 2.30. The molecule has 0 atom stereocenters. The van der Waals surface area contributed by atoms with Crippen LogP contribution in [0.25, 0.3) is 0 Å². The molecular weight excluding hydrogens is 405 g/mol. The third-order valence-electron chi connectivity index (χ3n) is 4.55. The van der Waals surface area contributed by atoms with Crippen LogP contribution in [0.3, 0.4) is 0 Å². The number of nitrogens with one attached hydrogen (secondary N) is 1. The zero-order chi connectivity index (χ0) is 20.6. The van der Waals surface area contributed by atoms with Crippen molar-refractivity contribution < 1.29 is 22.5 Å². The molecule has 1 aromatic carbocycles. The summed E-state index contributed by atoms with van der Waals surface area (Å²) in [5.41, 5.74) is 1.06. The molecule has 10 heteroatoms. The molecule has 1 N–H and O–H groups in total. The minimum Gasteiger partial charge on any atom is -0.361 e. The predicted molar refractivity (Wildman–Crippen MR) is 101 cm³/mol. The number of aromatic nitrogens is 2. The predicted octanol–water partition coefficient (Wildman–Crippen LogP) is 4.27. The van der Waals surface area contributed by atoms with Crippen molar-refractivity contribution in [3.05, 3.63) is 63.5 Å². The van der Waals surface area contributed by atoms with E-state index in [-0.39, 0.29) is 5.69 Å². The van der Waals surface area contributed by atoms with E-state index in [0.717, 1.165) is 16.6 Å². The Morgan fingerprint density at radius 1 is 1.34 bits per heavy atom. The maximum absolute atomic E-state index is 12.9. The lowest BCUT2D eigenvalue weighted by molar-refractivity contribution is -0.137. The number of amides is 1. The van der Waals surface area contributed by atoms with Crippen molar-refractivity contribution in [2.24, 2.45) is 0 Å². The molecule has 0 saturated heterocycles. The molecule has 0 saturated carbocycles. The number of hydrogen-bond acceptors (Lipinski definition) is 6. The zero-order valence-corrected chi connectivity index (χ0v) is 16.2. The van der Waals surface area contributed by atoms with Crippen LogP contribution in [0.15, 0.2) is 34.9 Å². The number of fused-ring (bicyclic) bond motifs is 1. The summed E-state index contributed by atoms with van der Waals surface area (Å²) in [6.45, 7) is 3.37. The van der Waals surface area contributed by atoms with Crippen LogP contribution in [0.5, 0.6) is 0 Å². The monoisotopic (exact) mass is 422 g/mol. The molecule has 0 spiro atoms. The van der Waals surface area contributed by atoms with Crippen LogP contribution in [-0.4, -0.2) is 27.5 Å². The number of carbonyl (C=O) groups excluding carboxylic acids is 1. The van der Waals surface area contributed by atoms with Crippen LogP contribution in [0.2, 0.25) is 0 Å². The highest BCUT2D eigenvalue weighted by atomic mass is 32.1. The van der Waals surface area contributed by atoms with Gasteiger partial charge in [-0.05, 0) is 18.6 Å². The van der Waals surface area contributed by atoms with Gasteiger partial charge in [0.2, 0.25) is 0 Å². The van der Waals surface area contributed by atoms with Gasteiger partial charge in [0.1, 0.15) is 5.76 Å². The molecular formula is C19H17F3N4O2S. The Hall–Kier alpha value is -2.72. The van der Waals surface area contributed by atoms with Crippen LogP contribution >= 0.6 is 11.3 Å². The van der Waals surface area contributed by atoms with E-state index in [4.69, 9.17) is 4.52 Å². The van der Waals surface area contributed by atoms with E-state index in [9.17, 15) is 18.0 Å². The van der Waals surface area contributed by atoms with Crippen LogP contribution in [0, 0.1) is 6.92 Å². The second kappa shape index (κ2) is 7.60. The molecule has 0 fully saturated rings. The molecule has 4 rings (SSSR count). The van der Waals surface area contributed by atoms with Gasteiger partial charge >= 0.3 is 6.18 Å². The third kappa shape index (κ3) is 4.48. The Bertz CT molecular complexity index is 1040. The van der Waals surface area contributed by atoms with E-state index in [1.165, 1.54) is 23.5 Å². The van der Waals surface area contributed by atoms with Crippen LogP contribution in [0.4, 0.5) is 18.3 Å². The number of anilines is 1. The first-order valence-corrected chi connectivity index (χ1v) is 9.71. The lowest BCUT2D eigenvalue weighted by Gasteiger charge is -2.26. The maximum atomic E-state index is 12.9. The fraction of sp³-hybridized carbons (Fsp3) is 0.316. The van der Waals surface area contributed by atoms with Crippen LogP contribution < -0.4 is 5.32 Å². The summed E-state index contributed by atoms with van der Waals surface area (Å²) < 4.78 is 43.6. The molecule has 0 unspecified atom stereocenters. The number of thiazole rings is 1. The number of aryl methyl sites for hydroxylation is 1. The maximum Gasteiger partial charge on any atom is 0.416 e. The van der Waals surface area contributed by atoms with Gasteiger partial charge in [-0.2, -0.15) is 13.2 Å². The minimum atomic E-state index is -4.35. The molecule has 1 aliphatic heterocycles. The van der Waals surface area contributed by atoms with Gasteiger partial charge in [0.05, 0.1) is 11.3 Å². The Labute approximate surface area is 168 Å². The van der Waals surface area contributed by atoms with E-state index in [0.29, 0.717) is 42.5 Å². The van der Waals surface area contributed by atoms with Crippen molar-refractivity contribution >= 4 is 22.4 Å². The largest absolute Gasteiger partial charge is 0.416 e. The highest BCUT2D eigenvalue weighted by molar-refractivity contribution is 7.15. The van der Waals surface area contributed by atoms with Gasteiger partial charge < -0.3 is 4.52 Å². The molecule has 1 amide bonds. The minimum absolute atomic E-state index is 0.182. The van der Waals surface area contributed by atoms with Crippen LogP contribution in [-0.2, 0) is 25.7 Å². The first-order chi connectivity index (χ1) is 13.8. The number of halogens is 3. The zero-order valence-electron chi connectivity index (χ0n) is 15.4. The average Bonchev–Trinajstić information content (AvgIpc) is 3.26. The van der Waals surface area contributed by atoms with Gasteiger partial charge in [0.15, 0.2) is 10.8 Å². The number of hydrogen-bond donors (Lipinski definition) is 1. The number of alkyl halides is 3. The van der Waals surface area contributed by atoms with Crippen molar-refractivity contribution in [1.29, 1.82) is 0 Å². The Kier molecular flexibility index (Phi) is 5.13. The van der Waals surface area contributed by atoms with Crippen molar-refractivity contribution in [2.75, 3.05) is 11.9 Å². The van der Waals surface area contributed by atoms with Gasteiger partial charge in [-0.3, -0.25) is 15.0 Å². The van der Waals surface area contributed by atoms with Crippen molar-refractivity contribution in [3.63, 3.8) is 0 Å². The summed E-state index contributed by atoms with van der Waals surface area (Å²) in [4.78, 5) is 19.7. The highest BCUT2D eigenvalue weighted by Crippen LogP contribution is 2.31. The molecule has 0 bridgehead atoms. The number of nitrogens with zero attached hydrogens (tertiary/aromatic N) is 3. The van der Waals surface area contributed by atoms with Gasteiger partial charge in [-0.25, -0.2) is 4.98 Å². The molecule has 3 heterocycles. The van der Waals surface area contributed by atoms with E-state index in [1.807, 2.05) is 0 Å². The molecule has 29 heavy (non-hydrogen) atoms. The summed E-state index contributed by atoms with van der Waals surface area (Å²) in [5, 5.41) is 6.87. The third-order valence-corrected chi connectivity index (χ3v) is 5.55. The fourth-order valence-corrected chi connectivity index (χ4v) is 4.22. The summed E-state index contributed by atoms with van der Waals surface area (Å²) in [6.07, 6.45) is -3.68. The average molecular weight is 422 g/mol. The van der Waals surface area contributed by atoms with Crippen molar-refractivity contribution in [2.45, 2.75) is 32.6 Å². The lowest BCUT2D eigenvalue weighted by Crippen LogP contribution is -2.29. The normalized spacial score (nSPS) is 14.6. The standard InChI is InChI=1S/C19H17F3N4O2S/c1-11-7-15(25-28-11)17(27)24-18-23-14-5-6-26(10-16(14)29-18)9-12-3-2-4-13(8-12)19(20,21)22/h2-4,7-8H,5-6,9-10H2,1H3,(H,23,24,27). The quantitative estimate of drug-likeness (QED) is 0.680. The van der Waals surface area contributed by atoms with E-state index in [1.54, 1.807) is 19.1 Å². The van der Waals surface area contributed by atoms with Crippen LogP contribution in [0.1, 0.15) is 37.9 Å². The summed E-state index contributed by atoms with van der Waals surface area (Å²) in [5.74, 6) is 0.146. The number of benzene rings is 1. The fourth-order valence-electron chi connectivity index (χ4n) is 3.18. The lowest BCUT2D eigenvalue weighted by atomic mass is 10.1. The molecule has 0 radical (unpaired) electrons. The number of carbonyl (C=O) groups is 1. The van der Waals surface area contributed by atoms with Gasteiger partial charge in [0, 0.05) is 37.0 Å². The molecule has 6 nitrogen and oxygen atoms in total. The first kappa shape index (κ1) is 19.6. The summed E-state index contributed by atoms with van der Waals surface area (Å²) >= 11 is 1.36. The summed E-state index contributed by atoms with van der Waals surface area (Å²) in [7, 11) is 0. The summed E-state index contributed by atoms with van der Waals surface area (Å²) in [6, 6.07) is 6.93. The SMILES string of the molecule is Cc1cc(C(=O)Nc2nc3c(s2)CN(Cc2cccc(C(F)(F)F)c2)CC3)no1. The van der Waals surface area contributed by atoms with Gasteiger partial charge in [-0.15, -0.1) is 11.3 Å². The molecule has 1 aliphatic rings. The Morgan fingerprint density at radius 3 is 2.90 bits per heavy atom. The Morgan fingerprint density at radius 2 is 2.17 bits per heavy atom.